The van der Waals surface area contributed by atoms with E-state index < -0.39 is 15.9 Å². The fourth-order valence-corrected chi connectivity index (χ4v) is 4.22. The molecule has 9 heteroatoms. The zero-order valence-corrected chi connectivity index (χ0v) is 18.0. The molecule has 0 aliphatic heterocycles. The minimum Gasteiger partial charge on any atom is -0.459 e. The molecule has 0 radical (unpaired) electrons. The van der Waals surface area contributed by atoms with Crippen LogP contribution in [0.4, 0.5) is 11.4 Å². The molecule has 162 valence electrons. The summed E-state index contributed by atoms with van der Waals surface area (Å²) >= 11 is 0. The molecule has 0 spiro atoms. The van der Waals surface area contributed by atoms with Crippen molar-refractivity contribution in [2.75, 3.05) is 16.6 Å². The molecule has 0 saturated carbocycles. The first kappa shape index (κ1) is 22.1. The highest BCUT2D eigenvalue weighted by Gasteiger charge is 2.18. The minimum absolute atomic E-state index is 0.0178. The van der Waals surface area contributed by atoms with Crippen molar-refractivity contribution in [2.24, 2.45) is 0 Å². The Balaban J connectivity index is 1.63. The first-order valence-corrected chi connectivity index (χ1v) is 11.0. The second kappa shape index (κ2) is 9.48. The molecule has 2 amide bonds. The Kier molecular flexibility index (Phi) is 6.76. The summed E-state index contributed by atoms with van der Waals surface area (Å²) in [7, 11) is -3.84. The highest BCUT2D eigenvalue weighted by atomic mass is 32.2. The monoisotopic (exact) mass is 441 g/mol. The molecule has 3 aromatic rings. The van der Waals surface area contributed by atoms with Crippen LogP contribution in [-0.2, 0) is 14.8 Å². The molecule has 2 aromatic carbocycles. The van der Waals surface area contributed by atoms with E-state index in [1.807, 2.05) is 13.0 Å². The van der Waals surface area contributed by atoms with Gasteiger partial charge in [0.2, 0.25) is 5.91 Å². The van der Waals surface area contributed by atoms with E-state index in [0.29, 0.717) is 16.9 Å². The third-order valence-electron chi connectivity index (χ3n) is 4.41. The van der Waals surface area contributed by atoms with Crippen LogP contribution in [0.25, 0.3) is 0 Å². The van der Waals surface area contributed by atoms with Crippen LogP contribution in [0.15, 0.2) is 70.2 Å². The number of rotatable bonds is 8. The number of furan rings is 1. The number of hydrogen-bond donors (Lipinski definition) is 3. The minimum atomic E-state index is -3.84. The van der Waals surface area contributed by atoms with Gasteiger partial charge in [0.05, 0.1) is 11.2 Å². The number of carbonyl (C=O) groups is 2. The number of benzene rings is 2. The maximum absolute atomic E-state index is 12.9. The van der Waals surface area contributed by atoms with Gasteiger partial charge in [-0.1, -0.05) is 18.2 Å². The Labute approximate surface area is 180 Å². The van der Waals surface area contributed by atoms with Gasteiger partial charge in [0.1, 0.15) is 0 Å². The summed E-state index contributed by atoms with van der Waals surface area (Å²) in [6.45, 7) is 3.66. The van der Waals surface area contributed by atoms with E-state index in [4.69, 9.17) is 4.42 Å². The van der Waals surface area contributed by atoms with Crippen LogP contribution in [0.1, 0.15) is 28.1 Å². The number of hydrogen-bond acceptors (Lipinski definition) is 5. The maximum Gasteiger partial charge on any atom is 0.286 e. The number of sulfonamides is 1. The summed E-state index contributed by atoms with van der Waals surface area (Å²) in [6, 6.07) is 14.8. The summed E-state index contributed by atoms with van der Waals surface area (Å²) in [5.41, 5.74) is 2.28. The summed E-state index contributed by atoms with van der Waals surface area (Å²) < 4.78 is 33.2. The average molecular weight is 442 g/mol. The molecule has 0 aliphatic carbocycles. The third kappa shape index (κ3) is 5.95. The van der Waals surface area contributed by atoms with Crippen molar-refractivity contribution in [3.8, 4) is 0 Å². The molecule has 31 heavy (non-hydrogen) atoms. The van der Waals surface area contributed by atoms with Gasteiger partial charge in [0, 0.05) is 24.3 Å². The van der Waals surface area contributed by atoms with Crippen molar-refractivity contribution >= 4 is 33.2 Å². The van der Waals surface area contributed by atoms with Gasteiger partial charge in [-0.05, 0) is 61.4 Å². The van der Waals surface area contributed by atoms with Crippen LogP contribution in [0.2, 0.25) is 0 Å². The van der Waals surface area contributed by atoms with E-state index in [1.165, 1.54) is 18.4 Å². The van der Waals surface area contributed by atoms with Crippen molar-refractivity contribution in [1.82, 2.24) is 5.32 Å². The van der Waals surface area contributed by atoms with Crippen LogP contribution >= 0.6 is 0 Å². The van der Waals surface area contributed by atoms with Gasteiger partial charge in [-0.15, -0.1) is 0 Å². The lowest BCUT2D eigenvalue weighted by Crippen LogP contribution is -2.27. The first-order chi connectivity index (χ1) is 14.7. The molecule has 0 atom stereocenters. The van der Waals surface area contributed by atoms with E-state index in [1.54, 1.807) is 43.3 Å². The second-order valence-electron chi connectivity index (χ2n) is 6.99. The van der Waals surface area contributed by atoms with Crippen molar-refractivity contribution in [3.05, 3.63) is 77.7 Å². The molecule has 8 nitrogen and oxygen atoms in total. The van der Waals surface area contributed by atoms with Gasteiger partial charge in [0.15, 0.2) is 5.76 Å². The summed E-state index contributed by atoms with van der Waals surface area (Å²) in [6.07, 6.45) is 1.41. The Morgan fingerprint density at radius 3 is 2.48 bits per heavy atom. The molecule has 0 bridgehead atoms. The molecule has 0 aliphatic rings. The van der Waals surface area contributed by atoms with Crippen LogP contribution in [-0.4, -0.2) is 26.8 Å². The van der Waals surface area contributed by atoms with Gasteiger partial charge in [0.25, 0.3) is 15.9 Å². The predicted molar refractivity (Wildman–Crippen MR) is 117 cm³/mol. The van der Waals surface area contributed by atoms with Gasteiger partial charge in [-0.3, -0.25) is 14.3 Å². The lowest BCUT2D eigenvalue weighted by Gasteiger charge is -2.13. The fraction of sp³-hybridized carbons (Fsp3) is 0.182. The largest absolute Gasteiger partial charge is 0.459 e. The van der Waals surface area contributed by atoms with E-state index in [0.717, 1.165) is 5.56 Å². The van der Waals surface area contributed by atoms with Gasteiger partial charge in [-0.25, -0.2) is 8.42 Å². The van der Waals surface area contributed by atoms with E-state index in [2.05, 4.69) is 15.4 Å². The molecule has 0 unspecified atom stereocenters. The molecular formula is C22H23N3O5S. The Hall–Kier alpha value is -3.59. The van der Waals surface area contributed by atoms with Gasteiger partial charge < -0.3 is 15.1 Å². The number of aryl methyl sites for hydroxylation is 2. The zero-order chi connectivity index (χ0) is 22.4. The summed E-state index contributed by atoms with van der Waals surface area (Å²) in [5.74, 6) is -0.614. The van der Waals surface area contributed by atoms with E-state index in [-0.39, 0.29) is 29.5 Å². The standard InChI is InChI=1S/C22H23N3O5S/c1-15-5-3-6-18(13-15)25-31(28,29)20-14-17(9-8-16(20)2)24-21(26)10-11-23-22(27)19-7-4-12-30-19/h3-9,12-14,25H,10-11H2,1-2H3,(H,23,27)(H,24,26). The number of amides is 2. The molecule has 3 rings (SSSR count). The fourth-order valence-electron chi connectivity index (χ4n) is 2.89. The lowest BCUT2D eigenvalue weighted by molar-refractivity contribution is -0.116. The maximum atomic E-state index is 12.9. The van der Waals surface area contributed by atoms with Gasteiger partial charge in [-0.2, -0.15) is 0 Å². The predicted octanol–water partition coefficient (Wildman–Crippen LogP) is 3.46. The normalized spacial score (nSPS) is 11.0. The van der Waals surface area contributed by atoms with Gasteiger partial charge >= 0.3 is 0 Å². The SMILES string of the molecule is Cc1cccc(NS(=O)(=O)c2cc(NC(=O)CCNC(=O)c3ccco3)ccc2C)c1. The van der Waals surface area contributed by atoms with E-state index in [9.17, 15) is 18.0 Å². The highest BCUT2D eigenvalue weighted by Crippen LogP contribution is 2.23. The van der Waals surface area contributed by atoms with E-state index >= 15 is 0 Å². The third-order valence-corrected chi connectivity index (χ3v) is 5.94. The lowest BCUT2D eigenvalue weighted by atomic mass is 10.2. The number of anilines is 2. The van der Waals surface area contributed by atoms with Crippen molar-refractivity contribution in [2.45, 2.75) is 25.2 Å². The summed E-state index contributed by atoms with van der Waals surface area (Å²) in [5, 5.41) is 5.24. The molecule has 3 N–H and O–H groups in total. The van der Waals surface area contributed by atoms with Crippen LogP contribution < -0.4 is 15.4 Å². The average Bonchev–Trinajstić information content (AvgIpc) is 3.24. The van der Waals surface area contributed by atoms with Crippen molar-refractivity contribution in [3.63, 3.8) is 0 Å². The molecule has 0 saturated heterocycles. The number of nitrogens with one attached hydrogen (secondary N) is 3. The Bertz CT molecular complexity index is 1190. The topological polar surface area (TPSA) is 118 Å². The van der Waals surface area contributed by atoms with Crippen molar-refractivity contribution < 1.29 is 22.4 Å². The molecule has 1 heterocycles. The van der Waals surface area contributed by atoms with Crippen LogP contribution in [0.3, 0.4) is 0 Å². The van der Waals surface area contributed by atoms with Crippen LogP contribution in [0, 0.1) is 13.8 Å². The highest BCUT2D eigenvalue weighted by molar-refractivity contribution is 7.92. The van der Waals surface area contributed by atoms with Crippen molar-refractivity contribution in [1.29, 1.82) is 0 Å². The number of carbonyl (C=O) groups excluding carboxylic acids is 2. The zero-order valence-electron chi connectivity index (χ0n) is 17.1. The summed E-state index contributed by atoms with van der Waals surface area (Å²) in [4.78, 5) is 24.1. The van der Waals surface area contributed by atoms with Crippen LogP contribution in [0.5, 0.6) is 0 Å². The quantitative estimate of drug-likeness (QED) is 0.495. The first-order valence-electron chi connectivity index (χ1n) is 9.56. The second-order valence-corrected chi connectivity index (χ2v) is 8.64. The molecular weight excluding hydrogens is 418 g/mol. The molecule has 1 aromatic heterocycles. The Morgan fingerprint density at radius 1 is 0.968 bits per heavy atom. The Morgan fingerprint density at radius 2 is 1.77 bits per heavy atom. The molecule has 0 fully saturated rings. The smallest absolute Gasteiger partial charge is 0.286 e.